The van der Waals surface area contributed by atoms with Gasteiger partial charge in [-0.05, 0) is 17.5 Å². The molecule has 6 nitrogen and oxygen atoms in total. The Labute approximate surface area is 251 Å². The lowest BCUT2D eigenvalue weighted by Crippen LogP contribution is -3.00. The lowest BCUT2D eigenvalue weighted by Gasteiger charge is -2.47. The first-order valence-electron chi connectivity index (χ1n) is 15.6. The lowest BCUT2D eigenvalue weighted by atomic mass is 9.85. The van der Waals surface area contributed by atoms with E-state index in [1.165, 1.54) is 49.7 Å². The molecule has 2 aromatic carbocycles. The first kappa shape index (κ1) is 31.5. The zero-order valence-electron chi connectivity index (χ0n) is 24.5. The van der Waals surface area contributed by atoms with Gasteiger partial charge in [-0.25, -0.2) is 4.79 Å². The fraction of sp³-hybridized carbons (Fsp3) is 0.588. The van der Waals surface area contributed by atoms with Gasteiger partial charge in [0.2, 0.25) is 5.60 Å². The van der Waals surface area contributed by atoms with E-state index in [9.17, 15) is 9.59 Å². The number of benzene rings is 2. The molecule has 224 valence electrons. The summed E-state index contributed by atoms with van der Waals surface area (Å²) in [5.41, 5.74) is -0.187. The van der Waals surface area contributed by atoms with Crippen LogP contribution in [-0.4, -0.2) is 54.5 Å². The van der Waals surface area contributed by atoms with Gasteiger partial charge in [-0.2, -0.15) is 0 Å². The second kappa shape index (κ2) is 14.7. The topological polar surface area (TPSA) is 61.8 Å². The molecule has 2 aromatic rings. The summed E-state index contributed by atoms with van der Waals surface area (Å²) in [6.45, 7) is 4.41. The van der Waals surface area contributed by atoms with Crippen LogP contribution < -0.4 is 12.4 Å². The standard InChI is InChI=1S/C34H46NO5.ClH/c1-2-3-4-5-12-19-32(36)38-26-39-34(27-15-8-6-9-16-27,28-17-10-7-11-18-28)33(37)40-31-24-29-20-21-30(25-31)35(29)22-13-14-23-35;/h6-11,15-18,29-31H,2-5,12-14,19-26H2,1H3;1H/q+1;/p-1. The molecular weight excluding hydrogens is 538 g/mol. The monoisotopic (exact) mass is 583 g/mol. The Morgan fingerprint density at radius 1 is 0.829 bits per heavy atom. The minimum Gasteiger partial charge on any atom is -1.00 e. The van der Waals surface area contributed by atoms with Crippen LogP contribution in [0.1, 0.15) is 95.1 Å². The molecule has 5 rings (SSSR count). The third kappa shape index (κ3) is 6.81. The predicted molar refractivity (Wildman–Crippen MR) is 154 cm³/mol. The Hall–Kier alpha value is -2.41. The molecular formula is C34H46ClNO5. The number of esters is 2. The lowest BCUT2D eigenvalue weighted by molar-refractivity contribution is -0.956. The molecule has 0 aromatic heterocycles. The quantitative estimate of drug-likeness (QED) is 0.156. The van der Waals surface area contributed by atoms with E-state index in [0.29, 0.717) is 29.6 Å². The molecule has 41 heavy (non-hydrogen) atoms. The van der Waals surface area contributed by atoms with Gasteiger partial charge in [-0.15, -0.1) is 0 Å². The van der Waals surface area contributed by atoms with Crippen LogP contribution in [0.2, 0.25) is 0 Å². The van der Waals surface area contributed by atoms with Crippen LogP contribution in [0.25, 0.3) is 0 Å². The summed E-state index contributed by atoms with van der Waals surface area (Å²) < 4.78 is 19.5. The number of carbonyl (C=O) groups excluding carboxylic acids is 2. The molecule has 2 atom stereocenters. The van der Waals surface area contributed by atoms with Gasteiger partial charge in [-0.3, -0.25) is 4.79 Å². The van der Waals surface area contributed by atoms with Gasteiger partial charge in [0, 0.05) is 44.9 Å². The molecule has 0 amide bonds. The number of hydrogen-bond donors (Lipinski definition) is 0. The largest absolute Gasteiger partial charge is 1.00 e. The molecule has 3 saturated heterocycles. The minimum absolute atomic E-state index is 0. The van der Waals surface area contributed by atoms with Crippen molar-refractivity contribution in [1.29, 1.82) is 0 Å². The van der Waals surface area contributed by atoms with Crippen molar-refractivity contribution in [3.63, 3.8) is 0 Å². The van der Waals surface area contributed by atoms with Gasteiger partial charge in [-0.1, -0.05) is 93.3 Å². The molecule has 0 saturated carbocycles. The van der Waals surface area contributed by atoms with Crippen molar-refractivity contribution < 1.29 is 40.7 Å². The highest BCUT2D eigenvalue weighted by Gasteiger charge is 2.57. The predicted octanol–water partition coefficient (Wildman–Crippen LogP) is 3.66. The normalized spacial score (nSPS) is 22.7. The third-order valence-electron chi connectivity index (χ3n) is 9.66. The SMILES string of the molecule is CCCCCCCC(=O)OCOC(C(=O)OC1CC2CCC(C1)[N+]21CCCC1)(c1ccccc1)c1ccccc1.[Cl-]. The molecule has 0 aliphatic carbocycles. The summed E-state index contributed by atoms with van der Waals surface area (Å²) >= 11 is 0. The maximum atomic E-state index is 14.3. The van der Waals surface area contributed by atoms with E-state index < -0.39 is 11.6 Å². The number of piperidine rings is 1. The Kier molecular flexibility index (Phi) is 11.3. The molecule has 7 heteroatoms. The summed E-state index contributed by atoms with van der Waals surface area (Å²) in [6, 6.07) is 20.1. The summed E-state index contributed by atoms with van der Waals surface area (Å²) in [7, 11) is 0. The van der Waals surface area contributed by atoms with Crippen molar-refractivity contribution in [2.24, 2.45) is 0 Å². The number of carbonyl (C=O) groups is 2. The Morgan fingerprint density at radius 2 is 1.39 bits per heavy atom. The average molecular weight is 584 g/mol. The number of rotatable bonds is 13. The van der Waals surface area contributed by atoms with E-state index in [1.54, 1.807) is 0 Å². The van der Waals surface area contributed by atoms with E-state index in [0.717, 1.165) is 38.5 Å². The van der Waals surface area contributed by atoms with Crippen LogP contribution in [0, 0.1) is 0 Å². The zero-order valence-corrected chi connectivity index (χ0v) is 25.2. The van der Waals surface area contributed by atoms with Crippen LogP contribution in [0.3, 0.4) is 0 Å². The van der Waals surface area contributed by atoms with E-state index in [1.807, 2.05) is 60.7 Å². The van der Waals surface area contributed by atoms with Crippen LogP contribution in [0.4, 0.5) is 0 Å². The first-order valence-corrected chi connectivity index (χ1v) is 15.6. The van der Waals surface area contributed by atoms with Gasteiger partial charge >= 0.3 is 11.9 Å². The second-order valence-electron chi connectivity index (χ2n) is 12.0. The molecule has 3 fully saturated rings. The van der Waals surface area contributed by atoms with Gasteiger partial charge in [0.1, 0.15) is 6.10 Å². The van der Waals surface area contributed by atoms with Gasteiger partial charge in [0.25, 0.3) is 0 Å². The van der Waals surface area contributed by atoms with Crippen LogP contribution in [0.5, 0.6) is 0 Å². The summed E-state index contributed by atoms with van der Waals surface area (Å²) in [6.07, 6.45) is 12.4. The van der Waals surface area contributed by atoms with Gasteiger partial charge in [0.05, 0.1) is 25.2 Å². The molecule has 0 N–H and O–H groups in total. The smallest absolute Gasteiger partial charge is 0.348 e. The van der Waals surface area contributed by atoms with Gasteiger partial charge in [0.15, 0.2) is 6.79 Å². The second-order valence-corrected chi connectivity index (χ2v) is 12.0. The number of hydrogen-bond acceptors (Lipinski definition) is 5. The fourth-order valence-electron chi connectivity index (χ4n) is 7.64. The minimum atomic E-state index is -1.53. The molecule has 0 radical (unpaired) electrons. The Morgan fingerprint density at radius 3 is 1.95 bits per heavy atom. The van der Waals surface area contributed by atoms with Crippen LogP contribution in [0.15, 0.2) is 60.7 Å². The molecule has 3 heterocycles. The van der Waals surface area contributed by atoms with Crippen molar-refractivity contribution in [2.75, 3.05) is 19.9 Å². The number of nitrogens with zero attached hydrogens (tertiary/aromatic N) is 1. The highest BCUT2D eigenvalue weighted by atomic mass is 35.5. The maximum absolute atomic E-state index is 14.3. The van der Waals surface area contributed by atoms with Crippen molar-refractivity contribution in [1.82, 2.24) is 0 Å². The van der Waals surface area contributed by atoms with E-state index in [2.05, 4.69) is 6.92 Å². The first-order chi connectivity index (χ1) is 19.6. The molecule has 1 spiro atoms. The highest BCUT2D eigenvalue weighted by molar-refractivity contribution is 5.86. The van der Waals surface area contributed by atoms with Crippen LogP contribution >= 0.6 is 0 Å². The zero-order chi connectivity index (χ0) is 27.8. The summed E-state index contributed by atoms with van der Waals surface area (Å²) in [5.74, 6) is -0.733. The maximum Gasteiger partial charge on any atom is 0.348 e. The van der Waals surface area contributed by atoms with Gasteiger partial charge < -0.3 is 31.1 Å². The number of halogens is 1. The number of quaternary nitrogens is 1. The molecule has 3 aliphatic rings. The third-order valence-corrected chi connectivity index (χ3v) is 9.66. The van der Waals surface area contributed by atoms with Crippen LogP contribution in [-0.2, 0) is 29.4 Å². The molecule has 3 aliphatic heterocycles. The highest BCUT2D eigenvalue weighted by Crippen LogP contribution is 2.47. The number of unbranched alkanes of at least 4 members (excludes halogenated alkanes) is 4. The van der Waals surface area contributed by atoms with Crippen molar-refractivity contribution >= 4 is 11.9 Å². The summed E-state index contributed by atoms with van der Waals surface area (Å²) in [4.78, 5) is 26.8. The molecule has 2 unspecified atom stereocenters. The van der Waals surface area contributed by atoms with E-state index in [4.69, 9.17) is 14.2 Å². The fourth-order valence-corrected chi connectivity index (χ4v) is 7.64. The number of ether oxygens (including phenoxy) is 3. The van der Waals surface area contributed by atoms with Crippen molar-refractivity contribution in [2.45, 2.75) is 108 Å². The average Bonchev–Trinajstić information content (AvgIpc) is 3.52. The Bertz CT molecular complexity index is 1050. The van der Waals surface area contributed by atoms with Crippen molar-refractivity contribution in [3.05, 3.63) is 71.8 Å². The van der Waals surface area contributed by atoms with E-state index >= 15 is 0 Å². The van der Waals surface area contributed by atoms with E-state index in [-0.39, 0.29) is 31.3 Å². The van der Waals surface area contributed by atoms with Crippen molar-refractivity contribution in [3.8, 4) is 0 Å². The summed E-state index contributed by atoms with van der Waals surface area (Å²) in [5, 5.41) is 0. The molecule has 2 bridgehead atoms. The Balaban J connectivity index is 0.00000387.